The summed E-state index contributed by atoms with van der Waals surface area (Å²) in [5.41, 5.74) is 0.300. The van der Waals surface area contributed by atoms with Gasteiger partial charge in [-0.3, -0.25) is 25.0 Å². The lowest BCUT2D eigenvalue weighted by molar-refractivity contribution is -0.428. The van der Waals surface area contributed by atoms with Gasteiger partial charge < -0.3 is 0 Å². The highest BCUT2D eigenvalue weighted by Crippen LogP contribution is 2.11. The van der Waals surface area contributed by atoms with E-state index in [4.69, 9.17) is 0 Å². The van der Waals surface area contributed by atoms with Crippen LogP contribution in [-0.2, 0) is 4.79 Å². The van der Waals surface area contributed by atoms with E-state index < -0.39 is 4.92 Å². The number of nitrogens with zero attached hydrogens (tertiary/aromatic N) is 2. The third-order valence-corrected chi connectivity index (χ3v) is 3.79. The topological polar surface area (TPSA) is 103 Å². The Kier molecular flexibility index (Phi) is 15.3. The first kappa shape index (κ1) is 24.4. The molecule has 7 heteroatoms. The van der Waals surface area contributed by atoms with Crippen molar-refractivity contribution in [1.82, 2.24) is 0 Å². The van der Waals surface area contributed by atoms with Crippen molar-refractivity contribution in [2.45, 2.75) is 71.1 Å². The standard InChI is InChI=1S/C20H29N2O5/c1-2-3-9-14-19(21(24)25)16-11-8-12-17-20(22(26)27)15-10-6-4-5-7-13-18-23/h4,6,8,12,15-16H,2-3,5,7,9-11,13-14,17H2,1H3/b6-4-,12-8-,19-16+,20-15+. The Bertz CT molecular complexity index is 577. The van der Waals surface area contributed by atoms with Gasteiger partial charge in [-0.25, -0.2) is 0 Å². The fourth-order valence-corrected chi connectivity index (χ4v) is 2.27. The highest BCUT2D eigenvalue weighted by Gasteiger charge is 2.09. The summed E-state index contributed by atoms with van der Waals surface area (Å²) in [4.78, 5) is 31.3. The summed E-state index contributed by atoms with van der Waals surface area (Å²) in [6, 6.07) is 0. The van der Waals surface area contributed by atoms with Gasteiger partial charge in [0.1, 0.15) is 0 Å². The highest BCUT2D eigenvalue weighted by molar-refractivity contribution is 5.50. The summed E-state index contributed by atoms with van der Waals surface area (Å²) in [7, 11) is 0. The second-order valence-electron chi connectivity index (χ2n) is 6.02. The molecule has 0 aliphatic carbocycles. The lowest BCUT2D eigenvalue weighted by Gasteiger charge is -1.97. The number of unbranched alkanes of at least 4 members (excludes halogenated alkanes) is 4. The van der Waals surface area contributed by atoms with Gasteiger partial charge >= 0.3 is 0 Å². The number of allylic oxidation sites excluding steroid dienone is 7. The molecule has 0 rings (SSSR count). The zero-order valence-corrected chi connectivity index (χ0v) is 16.0. The van der Waals surface area contributed by atoms with Gasteiger partial charge in [-0.05, 0) is 44.3 Å². The fourth-order valence-electron chi connectivity index (χ4n) is 2.27. The van der Waals surface area contributed by atoms with Gasteiger partial charge in [0, 0.05) is 12.8 Å². The van der Waals surface area contributed by atoms with Crippen molar-refractivity contribution in [3.63, 3.8) is 0 Å². The molecule has 0 spiro atoms. The van der Waals surface area contributed by atoms with E-state index in [0.29, 0.717) is 25.7 Å². The Labute approximate surface area is 160 Å². The minimum Gasteiger partial charge on any atom is -0.291 e. The summed E-state index contributed by atoms with van der Waals surface area (Å²) in [6.45, 7) is 2.04. The lowest BCUT2D eigenvalue weighted by atomic mass is 10.1. The van der Waals surface area contributed by atoms with E-state index >= 15 is 0 Å². The number of rotatable bonds is 16. The van der Waals surface area contributed by atoms with E-state index in [1.54, 1.807) is 24.3 Å². The molecule has 149 valence electrons. The molecule has 7 nitrogen and oxygen atoms in total. The number of hydrogen-bond donors (Lipinski definition) is 0. The summed E-state index contributed by atoms with van der Waals surface area (Å²) in [5, 5.41) is 22.0. The Balaban J connectivity index is 4.43. The van der Waals surface area contributed by atoms with Crippen LogP contribution >= 0.6 is 0 Å². The van der Waals surface area contributed by atoms with Crippen LogP contribution in [0.25, 0.3) is 0 Å². The first-order chi connectivity index (χ1) is 13.0. The van der Waals surface area contributed by atoms with Crippen molar-refractivity contribution < 1.29 is 14.6 Å². The van der Waals surface area contributed by atoms with Crippen molar-refractivity contribution >= 4 is 6.29 Å². The molecule has 0 aliphatic heterocycles. The largest absolute Gasteiger partial charge is 0.291 e. The van der Waals surface area contributed by atoms with Gasteiger partial charge in [0.05, 0.1) is 16.3 Å². The molecular formula is C20H29N2O5. The molecule has 0 fully saturated rings. The third kappa shape index (κ3) is 14.3. The third-order valence-electron chi connectivity index (χ3n) is 3.79. The first-order valence-corrected chi connectivity index (χ1v) is 9.34. The Hall–Kier alpha value is -2.57. The average Bonchev–Trinajstić information content (AvgIpc) is 2.63. The van der Waals surface area contributed by atoms with Gasteiger partial charge in [-0.1, -0.05) is 44.1 Å². The first-order valence-electron chi connectivity index (χ1n) is 9.34. The summed E-state index contributed by atoms with van der Waals surface area (Å²) in [5.74, 6) is 0. The zero-order valence-electron chi connectivity index (χ0n) is 16.0. The van der Waals surface area contributed by atoms with E-state index in [-0.39, 0.29) is 22.7 Å². The van der Waals surface area contributed by atoms with Gasteiger partial charge in [0.2, 0.25) is 11.4 Å². The molecule has 1 radical (unpaired) electrons. The van der Waals surface area contributed by atoms with Crippen LogP contribution in [0.4, 0.5) is 0 Å². The van der Waals surface area contributed by atoms with Crippen molar-refractivity contribution in [1.29, 1.82) is 0 Å². The fraction of sp³-hybridized carbons (Fsp3) is 0.550. The molecule has 0 heterocycles. The lowest BCUT2D eigenvalue weighted by Crippen LogP contribution is -1.98. The van der Waals surface area contributed by atoms with Crippen LogP contribution in [0.5, 0.6) is 0 Å². The Morgan fingerprint density at radius 2 is 1.52 bits per heavy atom. The Morgan fingerprint density at radius 1 is 0.889 bits per heavy atom. The van der Waals surface area contributed by atoms with Crippen molar-refractivity contribution in [2.24, 2.45) is 0 Å². The quantitative estimate of drug-likeness (QED) is 0.154. The van der Waals surface area contributed by atoms with E-state index in [2.05, 4.69) is 0 Å². The second-order valence-corrected chi connectivity index (χ2v) is 6.02. The van der Waals surface area contributed by atoms with Crippen molar-refractivity contribution in [3.05, 3.63) is 68.1 Å². The summed E-state index contributed by atoms with van der Waals surface area (Å²) >= 11 is 0. The van der Waals surface area contributed by atoms with Crippen molar-refractivity contribution in [3.8, 4) is 0 Å². The number of hydrogen-bond acceptors (Lipinski definition) is 5. The predicted octanol–water partition coefficient (Wildman–Crippen LogP) is 5.45. The maximum Gasteiger partial charge on any atom is 0.246 e. The average molecular weight is 377 g/mol. The summed E-state index contributed by atoms with van der Waals surface area (Å²) < 4.78 is 0. The van der Waals surface area contributed by atoms with Crippen molar-refractivity contribution in [2.75, 3.05) is 0 Å². The molecule has 0 amide bonds. The zero-order chi connectivity index (χ0) is 20.3. The summed E-state index contributed by atoms with van der Waals surface area (Å²) in [6.07, 6.45) is 18.2. The molecule has 0 aromatic heterocycles. The highest BCUT2D eigenvalue weighted by atomic mass is 16.6. The van der Waals surface area contributed by atoms with E-state index in [0.717, 1.165) is 32.1 Å². The molecule has 0 saturated carbocycles. The van der Waals surface area contributed by atoms with Crippen LogP contribution in [0.15, 0.2) is 47.9 Å². The number of nitro groups is 2. The molecule has 0 aromatic carbocycles. The van der Waals surface area contributed by atoms with Gasteiger partial charge in [-0.15, -0.1) is 0 Å². The van der Waals surface area contributed by atoms with Crippen LogP contribution in [0.3, 0.4) is 0 Å². The van der Waals surface area contributed by atoms with E-state index in [9.17, 15) is 25.0 Å². The molecule has 0 bridgehead atoms. The molecule has 0 aromatic rings. The SMILES string of the molecule is CCCCC/C(=C\C/C=C\C/C(=C\C/C=C\CCC[C]=O)[N+](=O)[O-])[N+](=O)[O-]. The van der Waals surface area contributed by atoms with E-state index in [1.165, 1.54) is 0 Å². The molecule has 0 aliphatic rings. The molecule has 0 atom stereocenters. The smallest absolute Gasteiger partial charge is 0.246 e. The molecule has 0 N–H and O–H groups in total. The van der Waals surface area contributed by atoms with Gasteiger partial charge in [-0.2, -0.15) is 0 Å². The maximum atomic E-state index is 11.0. The van der Waals surface area contributed by atoms with Crippen LogP contribution in [0.2, 0.25) is 0 Å². The Morgan fingerprint density at radius 3 is 2.11 bits per heavy atom. The second kappa shape index (κ2) is 16.9. The van der Waals surface area contributed by atoms with Gasteiger partial charge in [0.25, 0.3) is 0 Å². The minimum atomic E-state index is -0.414. The van der Waals surface area contributed by atoms with Crippen LogP contribution in [0, 0.1) is 20.2 Å². The predicted molar refractivity (Wildman–Crippen MR) is 106 cm³/mol. The molecular weight excluding hydrogens is 348 g/mol. The monoisotopic (exact) mass is 377 g/mol. The van der Waals surface area contributed by atoms with E-state index in [1.807, 2.05) is 25.4 Å². The minimum absolute atomic E-state index is 0.0959. The van der Waals surface area contributed by atoms with Crippen LogP contribution in [-0.4, -0.2) is 16.1 Å². The number of carbonyl (C=O) groups excluding carboxylic acids is 1. The van der Waals surface area contributed by atoms with Crippen LogP contribution in [0.1, 0.15) is 71.1 Å². The van der Waals surface area contributed by atoms with Gasteiger partial charge in [0.15, 0.2) is 6.29 Å². The maximum absolute atomic E-state index is 11.0. The molecule has 0 saturated heterocycles. The molecule has 27 heavy (non-hydrogen) atoms. The normalized spacial score (nSPS) is 12.8. The molecule has 0 unspecified atom stereocenters. The van der Waals surface area contributed by atoms with Crippen LogP contribution < -0.4 is 0 Å².